The predicted octanol–water partition coefficient (Wildman–Crippen LogP) is 1.99. The number of hydrogen-bond donors (Lipinski definition) is 2. The van der Waals surface area contributed by atoms with Gasteiger partial charge in [-0.2, -0.15) is 0 Å². The number of halogens is 3. The molecule has 18 heavy (non-hydrogen) atoms. The molecule has 1 unspecified atom stereocenters. The number of amides is 1. The van der Waals surface area contributed by atoms with Gasteiger partial charge in [0.15, 0.2) is 17.5 Å². The molecule has 0 saturated heterocycles. The Bertz CT molecular complexity index is 436. The lowest BCUT2D eigenvalue weighted by Gasteiger charge is -2.27. The Morgan fingerprint density at radius 1 is 1.33 bits per heavy atom. The normalized spacial score (nSPS) is 14.1. The fourth-order valence-electron chi connectivity index (χ4n) is 1.27. The molecule has 0 aliphatic heterocycles. The first kappa shape index (κ1) is 14.5. The van der Waals surface area contributed by atoms with Crippen LogP contribution in [0.2, 0.25) is 0 Å². The highest BCUT2D eigenvalue weighted by Crippen LogP contribution is 2.15. The van der Waals surface area contributed by atoms with Crippen molar-refractivity contribution in [2.45, 2.75) is 25.8 Å². The Morgan fingerprint density at radius 2 is 1.83 bits per heavy atom. The first-order chi connectivity index (χ1) is 8.33. The molecule has 2 N–H and O–H groups in total. The summed E-state index contributed by atoms with van der Waals surface area (Å²) in [4.78, 5) is 11.7. The molecule has 0 fully saturated rings. The lowest BCUT2D eigenvalue weighted by atomic mass is 9.99. The van der Waals surface area contributed by atoms with E-state index in [0.29, 0.717) is 18.6 Å². The molecule has 0 aliphatic carbocycles. The highest BCUT2D eigenvalue weighted by Gasteiger charge is 2.25. The molecule has 1 aromatic rings. The molecule has 0 heterocycles. The van der Waals surface area contributed by atoms with Gasteiger partial charge in [-0.1, -0.05) is 6.92 Å². The van der Waals surface area contributed by atoms with Crippen molar-refractivity contribution < 1.29 is 23.1 Å². The molecule has 0 saturated carbocycles. The summed E-state index contributed by atoms with van der Waals surface area (Å²) in [6, 6.07) is 1.22. The molecule has 1 aromatic carbocycles. The molecule has 3 nitrogen and oxygen atoms in total. The average Bonchev–Trinajstić information content (AvgIpc) is 2.35. The topological polar surface area (TPSA) is 49.3 Å². The highest BCUT2D eigenvalue weighted by molar-refractivity contribution is 5.94. The van der Waals surface area contributed by atoms with Gasteiger partial charge in [0.25, 0.3) is 5.91 Å². The van der Waals surface area contributed by atoms with Gasteiger partial charge >= 0.3 is 0 Å². The minimum atomic E-state index is -1.62. The van der Waals surface area contributed by atoms with E-state index in [9.17, 15) is 18.0 Å². The summed E-state index contributed by atoms with van der Waals surface area (Å²) in [5.41, 5.74) is -1.22. The second-order valence-electron chi connectivity index (χ2n) is 4.28. The van der Waals surface area contributed by atoms with Crippen LogP contribution in [0.15, 0.2) is 12.1 Å². The van der Waals surface area contributed by atoms with Crippen molar-refractivity contribution in [3.8, 4) is 0 Å². The van der Waals surface area contributed by atoms with E-state index in [1.807, 2.05) is 0 Å². The van der Waals surface area contributed by atoms with E-state index < -0.39 is 28.9 Å². The molecule has 0 spiro atoms. The summed E-state index contributed by atoms with van der Waals surface area (Å²) >= 11 is 0. The van der Waals surface area contributed by atoms with Gasteiger partial charge in [0, 0.05) is 5.56 Å². The molecule has 1 rings (SSSR count). The molecule has 6 heteroatoms. The van der Waals surface area contributed by atoms with Crippen molar-refractivity contribution in [1.82, 2.24) is 5.32 Å². The number of rotatable bonds is 4. The zero-order valence-corrected chi connectivity index (χ0v) is 10.1. The van der Waals surface area contributed by atoms with Gasteiger partial charge in [0.05, 0.1) is 12.1 Å². The van der Waals surface area contributed by atoms with Crippen LogP contribution >= 0.6 is 0 Å². The summed E-state index contributed by atoms with van der Waals surface area (Å²) in [6.45, 7) is 3.00. The fraction of sp³-hybridized carbons (Fsp3) is 0.417. The van der Waals surface area contributed by atoms with Crippen LogP contribution in [0.25, 0.3) is 0 Å². The molecule has 1 atom stereocenters. The third kappa shape index (κ3) is 3.01. The zero-order valence-electron chi connectivity index (χ0n) is 10.1. The largest absolute Gasteiger partial charge is 0.394 e. The molecule has 0 aliphatic rings. The van der Waals surface area contributed by atoms with Crippen molar-refractivity contribution in [2.24, 2.45) is 0 Å². The van der Waals surface area contributed by atoms with Crippen molar-refractivity contribution >= 4 is 5.91 Å². The van der Waals surface area contributed by atoms with Crippen molar-refractivity contribution in [1.29, 1.82) is 0 Å². The summed E-state index contributed by atoms with van der Waals surface area (Å²) < 4.78 is 38.6. The molecule has 1 amide bonds. The van der Waals surface area contributed by atoms with Gasteiger partial charge in [0.2, 0.25) is 0 Å². The SMILES string of the molecule is CCC(C)(CO)NC(=O)c1cc(F)c(F)c(F)c1. The number of carbonyl (C=O) groups excluding carboxylic acids is 1. The van der Waals surface area contributed by atoms with E-state index in [2.05, 4.69) is 5.32 Å². The van der Waals surface area contributed by atoms with Crippen LogP contribution in [-0.2, 0) is 0 Å². The smallest absolute Gasteiger partial charge is 0.251 e. The average molecular weight is 261 g/mol. The quantitative estimate of drug-likeness (QED) is 0.814. The first-order valence-corrected chi connectivity index (χ1v) is 5.41. The van der Waals surface area contributed by atoms with Gasteiger partial charge in [-0.3, -0.25) is 4.79 Å². The molecular weight excluding hydrogens is 247 g/mol. The van der Waals surface area contributed by atoms with Gasteiger partial charge in [-0.25, -0.2) is 13.2 Å². The van der Waals surface area contributed by atoms with Gasteiger partial charge < -0.3 is 10.4 Å². The highest BCUT2D eigenvalue weighted by atomic mass is 19.2. The number of aliphatic hydroxyl groups excluding tert-OH is 1. The maximum Gasteiger partial charge on any atom is 0.251 e. The van der Waals surface area contributed by atoms with Crippen molar-refractivity contribution in [3.05, 3.63) is 35.1 Å². The number of carbonyl (C=O) groups is 1. The van der Waals surface area contributed by atoms with Crippen LogP contribution in [0.3, 0.4) is 0 Å². The summed E-state index contributed by atoms with van der Waals surface area (Å²) in [6.07, 6.45) is 0.432. The number of aliphatic hydroxyl groups is 1. The van der Waals surface area contributed by atoms with E-state index in [1.165, 1.54) is 0 Å². The zero-order chi connectivity index (χ0) is 13.9. The Labute approximate surface area is 103 Å². The standard InChI is InChI=1S/C12H14F3NO2/c1-3-12(2,6-17)16-11(18)7-4-8(13)10(15)9(14)5-7/h4-5,17H,3,6H2,1-2H3,(H,16,18). The molecule has 0 aromatic heterocycles. The minimum absolute atomic E-state index is 0.318. The minimum Gasteiger partial charge on any atom is -0.394 e. The monoisotopic (exact) mass is 261 g/mol. The van der Waals surface area contributed by atoms with E-state index in [4.69, 9.17) is 5.11 Å². The Hall–Kier alpha value is -1.56. The maximum absolute atomic E-state index is 13.0. The lowest BCUT2D eigenvalue weighted by Crippen LogP contribution is -2.48. The summed E-state index contributed by atoms with van der Waals surface area (Å²) in [5.74, 6) is -5.25. The van der Waals surface area contributed by atoms with E-state index >= 15 is 0 Å². The summed E-state index contributed by atoms with van der Waals surface area (Å²) in [7, 11) is 0. The second-order valence-corrected chi connectivity index (χ2v) is 4.28. The molecule has 0 radical (unpaired) electrons. The fourth-order valence-corrected chi connectivity index (χ4v) is 1.27. The summed E-state index contributed by atoms with van der Waals surface area (Å²) in [5, 5.41) is 11.5. The molecular formula is C12H14F3NO2. The van der Waals surface area contributed by atoms with Gasteiger partial charge in [0.1, 0.15) is 0 Å². The number of nitrogens with one attached hydrogen (secondary N) is 1. The van der Waals surface area contributed by atoms with Crippen LogP contribution in [0.1, 0.15) is 30.6 Å². The van der Waals surface area contributed by atoms with E-state index in [0.717, 1.165) is 0 Å². The second kappa shape index (κ2) is 5.39. The third-order valence-electron chi connectivity index (χ3n) is 2.79. The van der Waals surface area contributed by atoms with Crippen LogP contribution in [0, 0.1) is 17.5 Å². The molecule has 0 bridgehead atoms. The van der Waals surface area contributed by atoms with Crippen LogP contribution < -0.4 is 5.32 Å². The van der Waals surface area contributed by atoms with Crippen molar-refractivity contribution in [3.63, 3.8) is 0 Å². The maximum atomic E-state index is 13.0. The van der Waals surface area contributed by atoms with E-state index in [1.54, 1.807) is 13.8 Å². The first-order valence-electron chi connectivity index (χ1n) is 5.41. The van der Waals surface area contributed by atoms with Crippen molar-refractivity contribution in [2.75, 3.05) is 6.61 Å². The Kier molecular flexibility index (Phi) is 4.34. The van der Waals surface area contributed by atoms with Gasteiger partial charge in [-0.05, 0) is 25.5 Å². The lowest BCUT2D eigenvalue weighted by molar-refractivity contribution is 0.0846. The van der Waals surface area contributed by atoms with E-state index in [-0.39, 0.29) is 12.2 Å². The van der Waals surface area contributed by atoms with Gasteiger partial charge in [-0.15, -0.1) is 0 Å². The number of benzene rings is 1. The number of hydrogen-bond acceptors (Lipinski definition) is 2. The Morgan fingerprint density at radius 3 is 2.22 bits per heavy atom. The Balaban J connectivity index is 2.98. The van der Waals surface area contributed by atoms with Crippen LogP contribution in [-0.4, -0.2) is 23.2 Å². The predicted molar refractivity (Wildman–Crippen MR) is 59.6 cm³/mol. The molecule has 100 valence electrons. The van der Waals surface area contributed by atoms with Crippen LogP contribution in [0.5, 0.6) is 0 Å². The van der Waals surface area contributed by atoms with Crippen LogP contribution in [0.4, 0.5) is 13.2 Å². The third-order valence-corrected chi connectivity index (χ3v) is 2.79.